The summed E-state index contributed by atoms with van der Waals surface area (Å²) in [5.74, 6) is 0.898. The topological polar surface area (TPSA) is 42.3 Å². The molecule has 39 heavy (non-hydrogen) atoms. The number of anilines is 1. The van der Waals surface area contributed by atoms with Gasteiger partial charge in [-0.3, -0.25) is 4.98 Å². The second-order valence-corrected chi connectivity index (χ2v) is 11.4. The van der Waals surface area contributed by atoms with Crippen molar-refractivity contribution in [2.45, 2.75) is 57.7 Å². The van der Waals surface area contributed by atoms with E-state index in [1.54, 1.807) is 6.07 Å². The Hall–Kier alpha value is -3.06. The fourth-order valence-corrected chi connectivity index (χ4v) is 6.68. The average molecular weight is 578 g/mol. The van der Waals surface area contributed by atoms with Gasteiger partial charge >= 0.3 is 0 Å². The molecule has 3 heterocycles. The van der Waals surface area contributed by atoms with Gasteiger partial charge in [0, 0.05) is 23.3 Å². The van der Waals surface area contributed by atoms with Gasteiger partial charge in [-0.05, 0) is 112 Å². The lowest BCUT2D eigenvalue weighted by Crippen LogP contribution is -2.29. The molecule has 0 bridgehead atoms. The predicted molar refractivity (Wildman–Crippen MR) is 163 cm³/mol. The normalized spacial score (nSPS) is 19.5. The summed E-state index contributed by atoms with van der Waals surface area (Å²) in [5.41, 5.74) is 6.05. The Morgan fingerprint density at radius 1 is 0.974 bits per heavy atom. The molecule has 2 aliphatic rings. The molecule has 8 heteroatoms. The van der Waals surface area contributed by atoms with Crippen LogP contribution in [0.4, 0.5) is 5.69 Å². The number of pyridine rings is 1. The van der Waals surface area contributed by atoms with Crippen molar-refractivity contribution >= 4 is 46.2 Å². The Morgan fingerprint density at radius 2 is 1.74 bits per heavy atom. The Balaban J connectivity index is 1.43. The number of nitrogens with zero attached hydrogens (tertiary/aromatic N) is 3. The van der Waals surface area contributed by atoms with Gasteiger partial charge in [0.1, 0.15) is 5.75 Å². The van der Waals surface area contributed by atoms with Gasteiger partial charge in [0.25, 0.3) is 0 Å². The van der Waals surface area contributed by atoms with E-state index in [1.807, 2.05) is 36.5 Å². The Kier molecular flexibility index (Phi) is 7.27. The molecule has 2 aromatic heterocycles. The lowest BCUT2D eigenvalue weighted by atomic mass is 9.96. The van der Waals surface area contributed by atoms with Gasteiger partial charge in [0.05, 0.1) is 39.6 Å². The third-order valence-corrected chi connectivity index (χ3v) is 8.90. The van der Waals surface area contributed by atoms with Gasteiger partial charge in [0.2, 0.25) is 0 Å². The molecule has 0 spiro atoms. The van der Waals surface area contributed by atoms with Gasteiger partial charge in [-0.2, -0.15) is 0 Å². The molecule has 1 aliphatic carbocycles. The minimum absolute atomic E-state index is 0.132. The molecular weight excluding hydrogens is 547 g/mol. The molecule has 1 saturated heterocycles. The van der Waals surface area contributed by atoms with Crippen LogP contribution in [0.2, 0.25) is 10.0 Å². The monoisotopic (exact) mass is 576 g/mol. The molecule has 1 saturated carbocycles. The summed E-state index contributed by atoms with van der Waals surface area (Å²) in [4.78, 5) is 6.89. The number of nitrogens with one attached hydrogen (secondary N) is 1. The molecule has 0 radical (unpaired) electrons. The van der Waals surface area contributed by atoms with E-state index in [2.05, 4.69) is 59.0 Å². The highest BCUT2D eigenvalue weighted by molar-refractivity contribution is 7.80. The van der Waals surface area contributed by atoms with E-state index in [4.69, 9.17) is 45.1 Å². The van der Waals surface area contributed by atoms with E-state index >= 15 is 0 Å². The standard InChI is InChI=1S/C31H30Cl2N4OS/c1-19-18-24(20(2)36(19)27-12-7-10-25(32)28(27)33)30-29(26-11-5-6-17-34-26)35-31(39)37(30)21-13-15-23(16-14-21)38-22-8-3-4-9-22/h5-7,10-18,22,29-30H,3-4,8-9H2,1-2H3,(H,35,39)/t29-,30+/m0/s1. The molecule has 1 N–H and O–H groups in total. The number of hydrogen-bond donors (Lipinski definition) is 1. The number of rotatable bonds is 6. The second-order valence-electron chi connectivity index (χ2n) is 10.2. The average Bonchev–Trinajstić information content (AvgIpc) is 3.65. The van der Waals surface area contributed by atoms with Crippen LogP contribution in [0.15, 0.2) is 72.9 Å². The van der Waals surface area contributed by atoms with Crippen molar-refractivity contribution in [3.8, 4) is 11.4 Å². The highest BCUT2D eigenvalue weighted by atomic mass is 35.5. The van der Waals surface area contributed by atoms with Gasteiger partial charge in [-0.1, -0.05) is 35.3 Å². The molecule has 1 aliphatic heterocycles. The Morgan fingerprint density at radius 3 is 2.46 bits per heavy atom. The van der Waals surface area contributed by atoms with Crippen LogP contribution < -0.4 is 15.0 Å². The molecule has 0 amide bonds. The lowest BCUT2D eigenvalue weighted by Gasteiger charge is -2.28. The van der Waals surface area contributed by atoms with Crippen molar-refractivity contribution in [1.82, 2.24) is 14.9 Å². The third kappa shape index (κ3) is 4.90. The van der Waals surface area contributed by atoms with Crippen molar-refractivity contribution in [1.29, 1.82) is 0 Å². The molecular formula is C31H30Cl2N4OS. The maximum Gasteiger partial charge on any atom is 0.174 e. The summed E-state index contributed by atoms with van der Waals surface area (Å²) in [6, 6.07) is 21.9. The van der Waals surface area contributed by atoms with Crippen molar-refractivity contribution in [2.75, 3.05) is 4.90 Å². The minimum Gasteiger partial charge on any atom is -0.490 e. The molecule has 2 fully saturated rings. The maximum absolute atomic E-state index is 6.67. The maximum atomic E-state index is 6.67. The summed E-state index contributed by atoms with van der Waals surface area (Å²) < 4.78 is 8.39. The summed E-state index contributed by atoms with van der Waals surface area (Å²) in [6.07, 6.45) is 6.88. The first-order chi connectivity index (χ1) is 18.9. The summed E-state index contributed by atoms with van der Waals surface area (Å²) in [6.45, 7) is 4.21. The SMILES string of the molecule is Cc1cc([C@@H]2[C@H](c3ccccn3)NC(=S)N2c2ccc(OC3CCCC3)cc2)c(C)n1-c1cccc(Cl)c1Cl. The predicted octanol–water partition coefficient (Wildman–Crippen LogP) is 8.29. The number of hydrogen-bond acceptors (Lipinski definition) is 3. The van der Waals surface area contributed by atoms with Crippen LogP contribution in [0.3, 0.4) is 0 Å². The zero-order valence-electron chi connectivity index (χ0n) is 21.9. The van der Waals surface area contributed by atoms with Crippen LogP contribution >= 0.6 is 35.4 Å². The number of aromatic nitrogens is 2. The van der Waals surface area contributed by atoms with E-state index < -0.39 is 0 Å². The van der Waals surface area contributed by atoms with E-state index in [-0.39, 0.29) is 12.1 Å². The van der Waals surface area contributed by atoms with Crippen molar-refractivity contribution in [2.24, 2.45) is 0 Å². The van der Waals surface area contributed by atoms with Crippen molar-refractivity contribution < 1.29 is 4.74 Å². The summed E-state index contributed by atoms with van der Waals surface area (Å²) in [5, 5.41) is 5.28. The molecule has 5 nitrogen and oxygen atoms in total. The number of halogens is 2. The largest absolute Gasteiger partial charge is 0.490 e. The zero-order chi connectivity index (χ0) is 27.1. The van der Waals surface area contributed by atoms with E-state index in [0.29, 0.717) is 21.3 Å². The molecule has 4 aromatic rings. The molecule has 200 valence electrons. The molecule has 6 rings (SSSR count). The second kappa shape index (κ2) is 10.8. The first-order valence-electron chi connectivity index (χ1n) is 13.3. The van der Waals surface area contributed by atoms with Crippen LogP contribution in [-0.4, -0.2) is 20.8 Å². The van der Waals surface area contributed by atoms with Gasteiger partial charge < -0.3 is 19.5 Å². The lowest BCUT2D eigenvalue weighted by molar-refractivity contribution is 0.210. The van der Waals surface area contributed by atoms with Gasteiger partial charge in [-0.15, -0.1) is 0 Å². The van der Waals surface area contributed by atoms with E-state index in [9.17, 15) is 0 Å². The van der Waals surface area contributed by atoms with Crippen LogP contribution in [0.1, 0.15) is 60.4 Å². The summed E-state index contributed by atoms with van der Waals surface area (Å²) >= 11 is 19.0. The smallest absolute Gasteiger partial charge is 0.174 e. The van der Waals surface area contributed by atoms with Crippen LogP contribution in [-0.2, 0) is 0 Å². The number of ether oxygens (including phenoxy) is 1. The van der Waals surface area contributed by atoms with Crippen LogP contribution in [0.25, 0.3) is 5.69 Å². The quantitative estimate of drug-likeness (QED) is 0.234. The number of aryl methyl sites for hydroxylation is 1. The van der Waals surface area contributed by atoms with Gasteiger partial charge in [-0.25, -0.2) is 0 Å². The molecule has 0 unspecified atom stereocenters. The molecule has 2 aromatic carbocycles. The minimum atomic E-state index is -0.142. The molecule has 2 atom stereocenters. The summed E-state index contributed by atoms with van der Waals surface area (Å²) in [7, 11) is 0. The third-order valence-electron chi connectivity index (χ3n) is 7.78. The van der Waals surface area contributed by atoms with Crippen molar-refractivity contribution in [3.63, 3.8) is 0 Å². The Bertz CT molecular complexity index is 1500. The van der Waals surface area contributed by atoms with Crippen molar-refractivity contribution in [3.05, 3.63) is 106 Å². The fourth-order valence-electron chi connectivity index (χ4n) is 5.96. The van der Waals surface area contributed by atoms with Crippen LogP contribution in [0.5, 0.6) is 5.75 Å². The Labute approximate surface area is 244 Å². The first-order valence-corrected chi connectivity index (χ1v) is 14.5. The highest BCUT2D eigenvalue weighted by Gasteiger charge is 2.42. The zero-order valence-corrected chi connectivity index (χ0v) is 24.2. The first kappa shape index (κ1) is 26.2. The highest BCUT2D eigenvalue weighted by Crippen LogP contribution is 2.44. The number of thiocarbonyl (C=S) groups is 1. The van der Waals surface area contributed by atoms with E-state index in [0.717, 1.165) is 52.6 Å². The van der Waals surface area contributed by atoms with Crippen LogP contribution in [0, 0.1) is 13.8 Å². The van der Waals surface area contributed by atoms with Gasteiger partial charge in [0.15, 0.2) is 5.11 Å². The van der Waals surface area contributed by atoms with E-state index in [1.165, 1.54) is 12.8 Å². The fraction of sp³-hybridized carbons (Fsp3) is 0.290. The number of benzene rings is 2.